The van der Waals surface area contributed by atoms with Crippen LogP contribution in [0.3, 0.4) is 0 Å². The molecule has 0 spiro atoms. The van der Waals surface area contributed by atoms with Crippen LogP contribution in [-0.4, -0.2) is 40.0 Å². The minimum atomic E-state index is -0.198. The van der Waals surface area contributed by atoms with Crippen LogP contribution in [0.5, 0.6) is 0 Å². The van der Waals surface area contributed by atoms with Gasteiger partial charge in [-0.25, -0.2) is 0 Å². The molecule has 0 fully saturated rings. The molecule has 2 nitrogen and oxygen atoms in total. The third kappa shape index (κ3) is 10.5. The number of thioether (sulfide) groups is 2. The van der Waals surface area contributed by atoms with Crippen molar-refractivity contribution in [2.75, 3.05) is 24.7 Å². The standard InChI is InChI=1S/C14H30O2S2/c1-5-11-18-14(4,8-9-15)16-10-6-7-12-17-13(2)3/h13,15H,5-12H2,1-4H3. The molecule has 0 aromatic carbocycles. The fraction of sp³-hybridized carbons (Fsp3) is 1.00. The number of hydrogen-bond acceptors (Lipinski definition) is 4. The highest BCUT2D eigenvalue weighted by Gasteiger charge is 2.24. The van der Waals surface area contributed by atoms with Crippen molar-refractivity contribution in [1.82, 2.24) is 0 Å². The summed E-state index contributed by atoms with van der Waals surface area (Å²) in [6.45, 7) is 9.77. The first-order chi connectivity index (χ1) is 8.54. The van der Waals surface area contributed by atoms with Gasteiger partial charge < -0.3 is 9.84 Å². The zero-order valence-corrected chi connectivity index (χ0v) is 14.0. The predicted octanol–water partition coefficient (Wildman–Crippen LogP) is 4.17. The summed E-state index contributed by atoms with van der Waals surface area (Å²) in [6, 6.07) is 0. The molecule has 0 aromatic rings. The first kappa shape index (κ1) is 18.6. The third-order valence-electron chi connectivity index (χ3n) is 2.57. The third-order valence-corrected chi connectivity index (χ3v) is 5.31. The Balaban J connectivity index is 3.69. The van der Waals surface area contributed by atoms with Gasteiger partial charge in [0.05, 0.1) is 0 Å². The first-order valence-corrected chi connectivity index (χ1v) is 9.08. The van der Waals surface area contributed by atoms with E-state index in [1.807, 2.05) is 23.5 Å². The molecule has 110 valence electrons. The van der Waals surface area contributed by atoms with Crippen molar-refractivity contribution in [1.29, 1.82) is 0 Å². The Kier molecular flexibility index (Phi) is 11.8. The van der Waals surface area contributed by atoms with Crippen LogP contribution < -0.4 is 0 Å². The summed E-state index contributed by atoms with van der Waals surface area (Å²) in [5.74, 6) is 2.32. The summed E-state index contributed by atoms with van der Waals surface area (Å²) in [4.78, 5) is -0.198. The lowest BCUT2D eigenvalue weighted by Crippen LogP contribution is -2.27. The molecule has 0 heterocycles. The Hall–Kier alpha value is 0.620. The van der Waals surface area contributed by atoms with Gasteiger partial charge in [0.1, 0.15) is 4.93 Å². The van der Waals surface area contributed by atoms with Crippen LogP contribution in [0.4, 0.5) is 0 Å². The van der Waals surface area contributed by atoms with Gasteiger partial charge >= 0.3 is 0 Å². The lowest BCUT2D eigenvalue weighted by molar-refractivity contribution is 0.0204. The SMILES string of the molecule is CCCSC(C)(CCO)OCCCCSC(C)C. The summed E-state index contributed by atoms with van der Waals surface area (Å²) < 4.78 is 5.97. The Labute approximate surface area is 122 Å². The zero-order chi connectivity index (χ0) is 13.9. The normalized spacial score (nSPS) is 15.0. The van der Waals surface area contributed by atoms with E-state index in [-0.39, 0.29) is 11.5 Å². The van der Waals surface area contributed by atoms with Crippen LogP contribution in [0, 0.1) is 0 Å². The molecule has 0 aliphatic heterocycles. The monoisotopic (exact) mass is 294 g/mol. The summed E-state index contributed by atoms with van der Waals surface area (Å²) in [7, 11) is 0. The number of aliphatic hydroxyl groups excluding tert-OH is 1. The van der Waals surface area contributed by atoms with Gasteiger partial charge in [-0.3, -0.25) is 0 Å². The molecule has 1 unspecified atom stereocenters. The van der Waals surface area contributed by atoms with Gasteiger partial charge in [-0.2, -0.15) is 11.8 Å². The minimum Gasteiger partial charge on any atom is -0.396 e. The molecule has 0 aromatic heterocycles. The quantitative estimate of drug-likeness (QED) is 0.432. The van der Waals surface area contributed by atoms with Crippen LogP contribution >= 0.6 is 23.5 Å². The van der Waals surface area contributed by atoms with Crippen molar-refractivity contribution in [2.45, 2.75) is 63.6 Å². The molecule has 0 bridgehead atoms. The molecule has 0 rings (SSSR count). The van der Waals surface area contributed by atoms with Crippen molar-refractivity contribution in [3.8, 4) is 0 Å². The molecule has 0 aliphatic carbocycles. The molecule has 4 heteroatoms. The lowest BCUT2D eigenvalue weighted by atomic mass is 10.3. The highest BCUT2D eigenvalue weighted by atomic mass is 32.2. The predicted molar refractivity (Wildman–Crippen MR) is 85.6 cm³/mol. The van der Waals surface area contributed by atoms with E-state index in [9.17, 15) is 0 Å². The summed E-state index contributed by atoms with van der Waals surface area (Å²) >= 11 is 3.84. The van der Waals surface area contributed by atoms with Gasteiger partial charge in [-0.05, 0) is 42.9 Å². The van der Waals surface area contributed by atoms with Crippen molar-refractivity contribution in [2.24, 2.45) is 0 Å². The second-order valence-electron chi connectivity index (χ2n) is 4.93. The number of aliphatic hydroxyl groups is 1. The summed E-state index contributed by atoms with van der Waals surface area (Å²) in [5.41, 5.74) is 0. The van der Waals surface area contributed by atoms with E-state index < -0.39 is 0 Å². The number of ether oxygens (including phenoxy) is 1. The van der Waals surface area contributed by atoms with Crippen LogP contribution in [0.15, 0.2) is 0 Å². The van der Waals surface area contributed by atoms with Gasteiger partial charge in [0, 0.05) is 19.6 Å². The fourth-order valence-corrected chi connectivity index (χ4v) is 3.40. The largest absolute Gasteiger partial charge is 0.396 e. The van der Waals surface area contributed by atoms with E-state index >= 15 is 0 Å². The van der Waals surface area contributed by atoms with E-state index in [1.54, 1.807) is 0 Å². The highest BCUT2D eigenvalue weighted by Crippen LogP contribution is 2.30. The summed E-state index contributed by atoms with van der Waals surface area (Å²) in [5, 5.41) is 9.83. The summed E-state index contributed by atoms with van der Waals surface area (Å²) in [6.07, 6.45) is 4.21. The van der Waals surface area contributed by atoms with E-state index in [0.29, 0.717) is 0 Å². The Bertz CT molecular complexity index is 189. The molecule has 0 saturated carbocycles. The van der Waals surface area contributed by atoms with Gasteiger partial charge in [0.25, 0.3) is 0 Å². The van der Waals surface area contributed by atoms with Gasteiger partial charge in [0.2, 0.25) is 0 Å². The Morgan fingerprint density at radius 2 is 1.94 bits per heavy atom. The van der Waals surface area contributed by atoms with Crippen molar-refractivity contribution in [3.05, 3.63) is 0 Å². The van der Waals surface area contributed by atoms with E-state index in [2.05, 4.69) is 27.7 Å². The highest BCUT2D eigenvalue weighted by molar-refractivity contribution is 8.00. The number of unbranched alkanes of at least 4 members (excludes halogenated alkanes) is 1. The van der Waals surface area contributed by atoms with Gasteiger partial charge in [-0.1, -0.05) is 20.8 Å². The maximum absolute atomic E-state index is 9.11. The average Bonchev–Trinajstić information content (AvgIpc) is 2.31. The molecule has 0 radical (unpaired) electrons. The van der Waals surface area contributed by atoms with Crippen molar-refractivity contribution in [3.63, 3.8) is 0 Å². The van der Waals surface area contributed by atoms with Crippen LogP contribution in [0.25, 0.3) is 0 Å². The average molecular weight is 295 g/mol. The van der Waals surface area contributed by atoms with Gasteiger partial charge in [-0.15, -0.1) is 11.8 Å². The van der Waals surface area contributed by atoms with Crippen LogP contribution in [0.2, 0.25) is 0 Å². The molecule has 0 saturated heterocycles. The number of rotatable bonds is 12. The van der Waals surface area contributed by atoms with E-state index in [4.69, 9.17) is 9.84 Å². The molecular weight excluding hydrogens is 264 g/mol. The van der Waals surface area contributed by atoms with Crippen LogP contribution in [-0.2, 0) is 4.74 Å². The van der Waals surface area contributed by atoms with E-state index in [0.717, 1.165) is 36.9 Å². The van der Waals surface area contributed by atoms with Crippen molar-refractivity contribution >= 4 is 23.5 Å². The second-order valence-corrected chi connectivity index (χ2v) is 8.18. The van der Waals surface area contributed by atoms with E-state index in [1.165, 1.54) is 12.2 Å². The fourth-order valence-electron chi connectivity index (χ4n) is 1.52. The van der Waals surface area contributed by atoms with Gasteiger partial charge in [0.15, 0.2) is 0 Å². The molecule has 0 amide bonds. The minimum absolute atomic E-state index is 0.198. The topological polar surface area (TPSA) is 29.5 Å². The van der Waals surface area contributed by atoms with Crippen molar-refractivity contribution < 1.29 is 9.84 Å². The molecule has 1 N–H and O–H groups in total. The first-order valence-electron chi connectivity index (χ1n) is 7.04. The maximum atomic E-state index is 9.11. The second kappa shape index (κ2) is 11.4. The molecular formula is C14H30O2S2. The van der Waals surface area contributed by atoms with Crippen LogP contribution in [0.1, 0.15) is 53.4 Å². The zero-order valence-electron chi connectivity index (χ0n) is 12.4. The molecule has 0 aliphatic rings. The smallest absolute Gasteiger partial charge is 0.113 e. The lowest BCUT2D eigenvalue weighted by Gasteiger charge is -2.28. The maximum Gasteiger partial charge on any atom is 0.113 e. The Morgan fingerprint density at radius 3 is 2.50 bits per heavy atom. The number of hydrogen-bond donors (Lipinski definition) is 1. The molecule has 1 atom stereocenters. The molecule has 18 heavy (non-hydrogen) atoms. The Morgan fingerprint density at radius 1 is 1.22 bits per heavy atom.